The van der Waals surface area contributed by atoms with E-state index >= 15 is 0 Å². The minimum absolute atomic E-state index is 0.550. The van der Waals surface area contributed by atoms with Crippen LogP contribution >= 0.6 is 0 Å². The maximum Gasteiger partial charge on any atom is 0.124 e. The lowest BCUT2D eigenvalue weighted by atomic mass is 10.2. The number of unbranched alkanes of at least 4 members (excludes halogenated alkanes) is 1. The Morgan fingerprint density at radius 2 is 1.79 bits per heavy atom. The number of hydrogen-bond acceptors (Lipinski definition) is 4. The predicted octanol–water partition coefficient (Wildman–Crippen LogP) is 4.50. The van der Waals surface area contributed by atoms with Crippen molar-refractivity contribution in [1.29, 1.82) is 0 Å². The van der Waals surface area contributed by atoms with Crippen molar-refractivity contribution in [1.82, 2.24) is 0 Å². The zero-order chi connectivity index (χ0) is 17.0. The zero-order valence-electron chi connectivity index (χ0n) is 14.6. The molecule has 4 heteroatoms. The maximum absolute atomic E-state index is 5.77. The molecule has 0 aromatic heterocycles. The molecule has 0 unspecified atom stereocenters. The van der Waals surface area contributed by atoms with Crippen LogP contribution in [0.2, 0.25) is 0 Å². The van der Waals surface area contributed by atoms with E-state index in [1.54, 1.807) is 7.11 Å². The second kappa shape index (κ2) is 10.6. The summed E-state index contributed by atoms with van der Waals surface area (Å²) in [6, 6.07) is 16.1. The zero-order valence-corrected chi connectivity index (χ0v) is 14.6. The third-order valence-corrected chi connectivity index (χ3v) is 3.60. The molecule has 0 aliphatic carbocycles. The van der Waals surface area contributed by atoms with Crippen LogP contribution in [0.15, 0.2) is 48.5 Å². The van der Waals surface area contributed by atoms with Gasteiger partial charge in [-0.3, -0.25) is 0 Å². The van der Waals surface area contributed by atoms with Gasteiger partial charge in [-0.1, -0.05) is 37.6 Å². The molecule has 0 saturated heterocycles. The molecule has 1 N–H and O–H groups in total. The van der Waals surface area contributed by atoms with Gasteiger partial charge < -0.3 is 19.5 Å². The van der Waals surface area contributed by atoms with E-state index in [0.29, 0.717) is 19.8 Å². The first-order valence-electron chi connectivity index (χ1n) is 8.50. The summed E-state index contributed by atoms with van der Waals surface area (Å²) in [5.41, 5.74) is 2.15. The Kier molecular flexibility index (Phi) is 7.98. The summed E-state index contributed by atoms with van der Waals surface area (Å²) in [5.74, 6) is 1.79. The summed E-state index contributed by atoms with van der Waals surface area (Å²) in [4.78, 5) is 0. The number of methoxy groups -OCH3 is 1. The van der Waals surface area contributed by atoms with Crippen molar-refractivity contribution in [2.75, 3.05) is 32.2 Å². The predicted molar refractivity (Wildman–Crippen MR) is 98.0 cm³/mol. The van der Waals surface area contributed by atoms with Gasteiger partial charge in [0.25, 0.3) is 0 Å². The molecule has 4 nitrogen and oxygen atoms in total. The average molecular weight is 329 g/mol. The number of hydrogen-bond donors (Lipinski definition) is 1. The van der Waals surface area contributed by atoms with Crippen LogP contribution in [0.3, 0.4) is 0 Å². The van der Waals surface area contributed by atoms with Crippen LogP contribution in [0.5, 0.6) is 11.5 Å². The van der Waals surface area contributed by atoms with Gasteiger partial charge in [-0.2, -0.15) is 0 Å². The minimum Gasteiger partial charge on any atom is -0.494 e. The van der Waals surface area contributed by atoms with Crippen molar-refractivity contribution in [3.05, 3.63) is 54.1 Å². The summed E-state index contributed by atoms with van der Waals surface area (Å²) < 4.78 is 16.5. The van der Waals surface area contributed by atoms with Gasteiger partial charge in [-0.15, -0.1) is 0 Å². The third-order valence-electron chi connectivity index (χ3n) is 3.60. The molecule has 130 valence electrons. The smallest absolute Gasteiger partial charge is 0.124 e. The van der Waals surface area contributed by atoms with Gasteiger partial charge in [0, 0.05) is 31.0 Å². The van der Waals surface area contributed by atoms with Crippen molar-refractivity contribution < 1.29 is 14.2 Å². The number of nitrogens with one attached hydrogen (secondary N) is 1. The van der Waals surface area contributed by atoms with Gasteiger partial charge in [0.2, 0.25) is 0 Å². The topological polar surface area (TPSA) is 39.7 Å². The molecule has 0 aliphatic heterocycles. The molecule has 2 rings (SSSR count). The SMILES string of the molecule is CCCCOc1cccc(NCc2ccccc2OCCOC)c1. The van der Waals surface area contributed by atoms with Crippen LogP contribution in [0.4, 0.5) is 5.69 Å². The molecule has 0 atom stereocenters. The molecule has 0 aliphatic rings. The molecule has 0 amide bonds. The number of para-hydroxylation sites is 1. The van der Waals surface area contributed by atoms with E-state index in [4.69, 9.17) is 14.2 Å². The van der Waals surface area contributed by atoms with E-state index in [-0.39, 0.29) is 0 Å². The van der Waals surface area contributed by atoms with Gasteiger partial charge in [0.1, 0.15) is 18.1 Å². The van der Waals surface area contributed by atoms with E-state index in [0.717, 1.165) is 42.2 Å². The van der Waals surface area contributed by atoms with Crippen LogP contribution in [-0.2, 0) is 11.3 Å². The van der Waals surface area contributed by atoms with Crippen LogP contribution in [-0.4, -0.2) is 26.9 Å². The first-order valence-corrected chi connectivity index (χ1v) is 8.50. The normalized spacial score (nSPS) is 10.4. The molecule has 0 spiro atoms. The Balaban J connectivity index is 1.92. The lowest BCUT2D eigenvalue weighted by Gasteiger charge is -2.13. The molecule has 0 bridgehead atoms. The molecule has 0 heterocycles. The molecule has 2 aromatic rings. The monoisotopic (exact) mass is 329 g/mol. The fourth-order valence-electron chi connectivity index (χ4n) is 2.25. The summed E-state index contributed by atoms with van der Waals surface area (Å²) in [6.07, 6.45) is 2.21. The highest BCUT2D eigenvalue weighted by atomic mass is 16.5. The highest BCUT2D eigenvalue weighted by Gasteiger charge is 2.03. The van der Waals surface area contributed by atoms with Crippen molar-refractivity contribution >= 4 is 5.69 Å². The standard InChI is InChI=1S/C20H27NO3/c1-3-4-12-23-19-10-7-9-18(15-19)21-16-17-8-5-6-11-20(17)24-14-13-22-2/h5-11,15,21H,3-4,12-14,16H2,1-2H3. The molecule has 2 aromatic carbocycles. The Bertz CT molecular complexity index is 601. The Hall–Kier alpha value is -2.20. The molecular formula is C20H27NO3. The van der Waals surface area contributed by atoms with Gasteiger partial charge in [0.05, 0.1) is 13.2 Å². The van der Waals surface area contributed by atoms with Crippen LogP contribution in [0.25, 0.3) is 0 Å². The Morgan fingerprint density at radius 1 is 0.917 bits per heavy atom. The highest BCUT2D eigenvalue weighted by molar-refractivity contribution is 5.49. The molecule has 0 fully saturated rings. The Labute approximate surface area is 144 Å². The average Bonchev–Trinajstić information content (AvgIpc) is 2.62. The van der Waals surface area contributed by atoms with E-state index in [1.807, 2.05) is 42.5 Å². The largest absolute Gasteiger partial charge is 0.494 e. The first kappa shape index (κ1) is 18.1. The number of rotatable bonds is 11. The van der Waals surface area contributed by atoms with E-state index in [2.05, 4.69) is 18.3 Å². The highest BCUT2D eigenvalue weighted by Crippen LogP contribution is 2.22. The molecule has 0 radical (unpaired) electrons. The van der Waals surface area contributed by atoms with Gasteiger partial charge in [0.15, 0.2) is 0 Å². The second-order valence-corrected chi connectivity index (χ2v) is 5.53. The molecule has 24 heavy (non-hydrogen) atoms. The summed E-state index contributed by atoms with van der Waals surface area (Å²) in [6.45, 7) is 4.75. The van der Waals surface area contributed by atoms with Crippen molar-refractivity contribution in [3.63, 3.8) is 0 Å². The lowest BCUT2D eigenvalue weighted by molar-refractivity contribution is 0.146. The van der Waals surface area contributed by atoms with E-state index in [1.165, 1.54) is 0 Å². The van der Waals surface area contributed by atoms with E-state index in [9.17, 15) is 0 Å². The van der Waals surface area contributed by atoms with E-state index < -0.39 is 0 Å². The Morgan fingerprint density at radius 3 is 2.62 bits per heavy atom. The fourth-order valence-corrected chi connectivity index (χ4v) is 2.25. The van der Waals surface area contributed by atoms with Gasteiger partial charge >= 0.3 is 0 Å². The minimum atomic E-state index is 0.550. The number of benzene rings is 2. The summed E-state index contributed by atoms with van der Waals surface area (Å²) in [5, 5.41) is 3.43. The van der Waals surface area contributed by atoms with Crippen LogP contribution in [0.1, 0.15) is 25.3 Å². The molecule has 0 saturated carbocycles. The quantitative estimate of drug-likeness (QED) is 0.616. The maximum atomic E-state index is 5.77. The third kappa shape index (κ3) is 6.13. The van der Waals surface area contributed by atoms with Crippen molar-refractivity contribution in [2.45, 2.75) is 26.3 Å². The summed E-state index contributed by atoms with van der Waals surface area (Å²) in [7, 11) is 1.67. The lowest BCUT2D eigenvalue weighted by Crippen LogP contribution is -2.08. The number of anilines is 1. The van der Waals surface area contributed by atoms with Crippen molar-refractivity contribution in [3.8, 4) is 11.5 Å². The fraction of sp³-hybridized carbons (Fsp3) is 0.400. The van der Waals surface area contributed by atoms with Crippen LogP contribution in [0, 0.1) is 0 Å². The summed E-state index contributed by atoms with van der Waals surface area (Å²) >= 11 is 0. The van der Waals surface area contributed by atoms with Gasteiger partial charge in [-0.25, -0.2) is 0 Å². The van der Waals surface area contributed by atoms with Gasteiger partial charge in [-0.05, 0) is 24.6 Å². The van der Waals surface area contributed by atoms with Crippen LogP contribution < -0.4 is 14.8 Å². The molecular weight excluding hydrogens is 302 g/mol. The first-order chi connectivity index (χ1) is 11.8. The second-order valence-electron chi connectivity index (χ2n) is 5.53. The number of ether oxygens (including phenoxy) is 3. The van der Waals surface area contributed by atoms with Crippen molar-refractivity contribution in [2.24, 2.45) is 0 Å².